The minimum atomic E-state index is 0.717. The molecule has 0 unspecified atom stereocenters. The third kappa shape index (κ3) is 2.79. The van der Waals surface area contributed by atoms with Crippen LogP contribution in [0.2, 0.25) is 5.02 Å². The summed E-state index contributed by atoms with van der Waals surface area (Å²) >= 11 is 8.32. The molecule has 19 heavy (non-hydrogen) atoms. The van der Waals surface area contributed by atoms with E-state index in [1.807, 2.05) is 11.3 Å². The van der Waals surface area contributed by atoms with Gasteiger partial charge in [-0.25, -0.2) is 0 Å². The Bertz CT molecular complexity index is 558. The highest BCUT2D eigenvalue weighted by molar-refractivity contribution is 7.19. The minimum absolute atomic E-state index is 0.717. The van der Waals surface area contributed by atoms with Gasteiger partial charge in [-0.3, -0.25) is 4.90 Å². The molecule has 2 aromatic rings. The van der Waals surface area contributed by atoms with Gasteiger partial charge in [-0.05, 0) is 44.5 Å². The van der Waals surface area contributed by atoms with Gasteiger partial charge in [0.05, 0.1) is 5.02 Å². The van der Waals surface area contributed by atoms with Crippen molar-refractivity contribution in [3.8, 4) is 0 Å². The second-order valence-corrected chi connectivity index (χ2v) is 6.81. The summed E-state index contributed by atoms with van der Waals surface area (Å²) in [7, 11) is 0. The van der Waals surface area contributed by atoms with Gasteiger partial charge in [-0.1, -0.05) is 29.8 Å². The Morgan fingerprint density at radius 3 is 2.68 bits per heavy atom. The average molecular weight is 295 g/mol. The smallest absolute Gasteiger partial charge is 0.0637 e. The summed E-state index contributed by atoms with van der Waals surface area (Å²) in [5.41, 5.74) is 5.74. The van der Waals surface area contributed by atoms with Gasteiger partial charge >= 0.3 is 0 Å². The second kappa shape index (κ2) is 5.80. The molecule has 1 fully saturated rings. The zero-order chi connectivity index (χ0) is 13.2. The summed E-state index contributed by atoms with van der Waals surface area (Å²) in [5, 5.41) is 2.14. The quantitative estimate of drug-likeness (QED) is 0.935. The maximum Gasteiger partial charge on any atom is 0.0637 e. The molecule has 0 atom stereocenters. The van der Waals surface area contributed by atoms with Crippen molar-refractivity contribution >= 4 is 33.0 Å². The standard InChI is InChI=1S/C15H19ClN2S/c16-15-12-3-1-2-4-13(12)19-14(15)10-18-7-5-11(9-17)6-8-18/h1-4,11H,5-10,17H2. The van der Waals surface area contributed by atoms with Crippen molar-refractivity contribution in [2.45, 2.75) is 19.4 Å². The van der Waals surface area contributed by atoms with Gasteiger partial charge in [-0.2, -0.15) is 0 Å². The van der Waals surface area contributed by atoms with Crippen LogP contribution in [-0.2, 0) is 6.54 Å². The number of nitrogens with zero attached hydrogens (tertiary/aromatic N) is 1. The SMILES string of the molecule is NCC1CCN(Cc2sc3ccccc3c2Cl)CC1. The van der Waals surface area contributed by atoms with Crippen LogP contribution >= 0.6 is 22.9 Å². The molecule has 0 saturated carbocycles. The summed E-state index contributed by atoms with van der Waals surface area (Å²) in [5.74, 6) is 0.717. The first kappa shape index (κ1) is 13.4. The van der Waals surface area contributed by atoms with Crippen LogP contribution in [0.15, 0.2) is 24.3 Å². The van der Waals surface area contributed by atoms with E-state index in [2.05, 4.69) is 29.2 Å². The molecule has 1 aliphatic heterocycles. The Kier molecular flexibility index (Phi) is 4.08. The van der Waals surface area contributed by atoms with Gasteiger partial charge in [-0.15, -0.1) is 11.3 Å². The molecule has 0 spiro atoms. The lowest BCUT2D eigenvalue weighted by atomic mass is 9.97. The molecule has 2 heterocycles. The lowest BCUT2D eigenvalue weighted by molar-refractivity contribution is 0.182. The highest BCUT2D eigenvalue weighted by Crippen LogP contribution is 2.36. The predicted molar refractivity (Wildman–Crippen MR) is 83.9 cm³/mol. The van der Waals surface area contributed by atoms with Crippen molar-refractivity contribution in [2.24, 2.45) is 11.7 Å². The van der Waals surface area contributed by atoms with Crippen LogP contribution in [-0.4, -0.2) is 24.5 Å². The van der Waals surface area contributed by atoms with Crippen LogP contribution in [0.4, 0.5) is 0 Å². The van der Waals surface area contributed by atoms with E-state index in [0.717, 1.165) is 31.2 Å². The summed E-state index contributed by atoms with van der Waals surface area (Å²) in [6.45, 7) is 4.10. The molecular weight excluding hydrogens is 276 g/mol. The molecule has 0 radical (unpaired) electrons. The second-order valence-electron chi connectivity index (χ2n) is 5.29. The van der Waals surface area contributed by atoms with Gasteiger partial charge in [0.25, 0.3) is 0 Å². The number of halogens is 1. The monoisotopic (exact) mass is 294 g/mol. The fourth-order valence-corrected chi connectivity index (χ4v) is 4.28. The van der Waals surface area contributed by atoms with Crippen LogP contribution in [0.3, 0.4) is 0 Å². The molecule has 0 aliphatic carbocycles. The fraction of sp³-hybridized carbons (Fsp3) is 0.467. The zero-order valence-electron chi connectivity index (χ0n) is 10.9. The first-order valence-electron chi connectivity index (χ1n) is 6.86. The van der Waals surface area contributed by atoms with Crippen molar-refractivity contribution in [1.82, 2.24) is 4.90 Å². The van der Waals surface area contributed by atoms with Crippen LogP contribution in [0.1, 0.15) is 17.7 Å². The Hall–Kier alpha value is -0.610. The fourth-order valence-electron chi connectivity index (χ4n) is 2.75. The van der Waals surface area contributed by atoms with Crippen LogP contribution < -0.4 is 5.73 Å². The third-order valence-electron chi connectivity index (χ3n) is 4.01. The number of hydrogen-bond acceptors (Lipinski definition) is 3. The summed E-state index contributed by atoms with van der Waals surface area (Å²) in [4.78, 5) is 3.80. The number of likely N-dealkylation sites (tertiary alicyclic amines) is 1. The number of benzene rings is 1. The highest BCUT2D eigenvalue weighted by atomic mass is 35.5. The molecule has 0 amide bonds. The van der Waals surface area contributed by atoms with Crippen molar-refractivity contribution < 1.29 is 0 Å². The number of piperidine rings is 1. The zero-order valence-corrected chi connectivity index (χ0v) is 12.5. The predicted octanol–water partition coefficient (Wildman–Crippen LogP) is 3.73. The van der Waals surface area contributed by atoms with E-state index < -0.39 is 0 Å². The van der Waals surface area contributed by atoms with Gasteiger partial charge in [0.15, 0.2) is 0 Å². The molecule has 2 N–H and O–H groups in total. The van der Waals surface area contributed by atoms with E-state index in [1.165, 1.54) is 27.8 Å². The van der Waals surface area contributed by atoms with E-state index in [4.69, 9.17) is 17.3 Å². The molecule has 4 heteroatoms. The van der Waals surface area contributed by atoms with E-state index in [9.17, 15) is 0 Å². The Labute approximate surface area is 123 Å². The highest BCUT2D eigenvalue weighted by Gasteiger charge is 2.20. The first-order valence-corrected chi connectivity index (χ1v) is 8.05. The molecule has 1 aromatic heterocycles. The van der Waals surface area contributed by atoms with E-state index >= 15 is 0 Å². The molecule has 0 bridgehead atoms. The van der Waals surface area contributed by atoms with Gasteiger partial charge in [0.2, 0.25) is 0 Å². The topological polar surface area (TPSA) is 29.3 Å². The molecular formula is C15H19ClN2S. The summed E-state index contributed by atoms with van der Waals surface area (Å²) in [6.07, 6.45) is 2.44. The van der Waals surface area contributed by atoms with Crippen molar-refractivity contribution in [3.63, 3.8) is 0 Å². The van der Waals surface area contributed by atoms with Gasteiger partial charge < -0.3 is 5.73 Å². The first-order chi connectivity index (χ1) is 9.28. The van der Waals surface area contributed by atoms with Crippen molar-refractivity contribution in [2.75, 3.05) is 19.6 Å². The minimum Gasteiger partial charge on any atom is -0.330 e. The number of nitrogens with two attached hydrogens (primary N) is 1. The summed E-state index contributed by atoms with van der Waals surface area (Å²) < 4.78 is 1.29. The van der Waals surface area contributed by atoms with Gasteiger partial charge in [0, 0.05) is 21.5 Å². The number of fused-ring (bicyclic) bond motifs is 1. The van der Waals surface area contributed by atoms with Crippen molar-refractivity contribution in [1.29, 1.82) is 0 Å². The maximum absolute atomic E-state index is 6.50. The lowest BCUT2D eigenvalue weighted by Crippen LogP contribution is -2.35. The lowest BCUT2D eigenvalue weighted by Gasteiger charge is -2.30. The van der Waals surface area contributed by atoms with E-state index in [-0.39, 0.29) is 0 Å². The molecule has 1 aliphatic rings. The van der Waals surface area contributed by atoms with Gasteiger partial charge in [0.1, 0.15) is 0 Å². The maximum atomic E-state index is 6.50. The van der Waals surface area contributed by atoms with Crippen LogP contribution in [0, 0.1) is 5.92 Å². The molecule has 2 nitrogen and oxygen atoms in total. The van der Waals surface area contributed by atoms with Crippen molar-refractivity contribution in [3.05, 3.63) is 34.2 Å². The Balaban J connectivity index is 1.73. The number of hydrogen-bond donors (Lipinski definition) is 1. The third-order valence-corrected chi connectivity index (χ3v) is 5.71. The Morgan fingerprint density at radius 2 is 2.00 bits per heavy atom. The van der Waals surface area contributed by atoms with Crippen LogP contribution in [0.25, 0.3) is 10.1 Å². The van der Waals surface area contributed by atoms with Crippen LogP contribution in [0.5, 0.6) is 0 Å². The largest absolute Gasteiger partial charge is 0.330 e. The molecule has 102 valence electrons. The molecule has 3 rings (SSSR count). The number of rotatable bonds is 3. The van der Waals surface area contributed by atoms with E-state index in [1.54, 1.807) is 0 Å². The normalized spacial score (nSPS) is 18.2. The summed E-state index contributed by atoms with van der Waals surface area (Å²) in [6, 6.07) is 8.39. The number of thiophene rings is 1. The Morgan fingerprint density at radius 1 is 1.26 bits per heavy atom. The van der Waals surface area contributed by atoms with E-state index in [0.29, 0.717) is 5.92 Å². The average Bonchev–Trinajstić information content (AvgIpc) is 2.77. The molecule has 1 aromatic carbocycles. The molecule has 1 saturated heterocycles.